The average molecular weight is 251 g/mol. The van der Waals surface area contributed by atoms with E-state index in [0.29, 0.717) is 12.0 Å². The highest BCUT2D eigenvalue weighted by Gasteiger charge is 2.09. The van der Waals surface area contributed by atoms with E-state index in [4.69, 9.17) is 9.84 Å². The van der Waals surface area contributed by atoms with Crippen LogP contribution >= 0.6 is 0 Å². The Balaban J connectivity index is 2.41. The van der Waals surface area contributed by atoms with Gasteiger partial charge < -0.3 is 15.2 Å². The molecule has 0 radical (unpaired) electrons. The summed E-state index contributed by atoms with van der Waals surface area (Å²) in [5.41, 5.74) is 1.23. The number of hydrogen-bond donors (Lipinski definition) is 2. The van der Waals surface area contributed by atoms with Gasteiger partial charge in [0.1, 0.15) is 5.75 Å². The first kappa shape index (κ1) is 15.0. The van der Waals surface area contributed by atoms with Crippen LogP contribution in [0.25, 0.3) is 0 Å². The molecule has 0 aliphatic carbocycles. The summed E-state index contributed by atoms with van der Waals surface area (Å²) in [6, 6.07) is 8.54. The van der Waals surface area contributed by atoms with Gasteiger partial charge >= 0.3 is 0 Å². The fourth-order valence-corrected chi connectivity index (χ4v) is 2.00. The van der Waals surface area contributed by atoms with Crippen LogP contribution in [0.5, 0.6) is 5.75 Å². The zero-order valence-electron chi connectivity index (χ0n) is 11.6. The molecule has 0 aliphatic heterocycles. The lowest BCUT2D eigenvalue weighted by Crippen LogP contribution is -2.32. The van der Waals surface area contributed by atoms with Crippen molar-refractivity contribution in [1.29, 1.82) is 0 Å². The molecule has 2 unspecified atom stereocenters. The van der Waals surface area contributed by atoms with Gasteiger partial charge in [0.2, 0.25) is 0 Å². The molecule has 0 aliphatic rings. The van der Waals surface area contributed by atoms with Gasteiger partial charge in [0.15, 0.2) is 0 Å². The monoisotopic (exact) mass is 251 g/mol. The van der Waals surface area contributed by atoms with Crippen molar-refractivity contribution in [3.05, 3.63) is 29.8 Å². The number of rotatable bonds is 8. The molecule has 0 aromatic heterocycles. The number of aliphatic hydroxyl groups is 1. The highest BCUT2D eigenvalue weighted by atomic mass is 16.5. The van der Waals surface area contributed by atoms with Crippen LogP contribution in [0.3, 0.4) is 0 Å². The second-order valence-corrected chi connectivity index (χ2v) is 4.94. The van der Waals surface area contributed by atoms with E-state index in [1.54, 1.807) is 7.11 Å². The smallest absolute Gasteiger partial charge is 0.122 e. The number of aliphatic hydroxyl groups excluding tert-OH is 1. The minimum Gasteiger partial charge on any atom is -0.496 e. The molecule has 2 N–H and O–H groups in total. The van der Waals surface area contributed by atoms with Crippen LogP contribution in [0, 0.1) is 5.92 Å². The number of nitrogens with one attached hydrogen (secondary N) is 1. The van der Waals surface area contributed by atoms with E-state index in [1.807, 2.05) is 18.2 Å². The van der Waals surface area contributed by atoms with Gasteiger partial charge in [-0.2, -0.15) is 0 Å². The lowest BCUT2D eigenvalue weighted by molar-refractivity contribution is 0.258. The SMILES string of the molecule is COc1ccccc1CC(C)NCC(C)CCO. The summed E-state index contributed by atoms with van der Waals surface area (Å²) < 4.78 is 5.35. The minimum absolute atomic E-state index is 0.268. The highest BCUT2D eigenvalue weighted by molar-refractivity contribution is 5.33. The topological polar surface area (TPSA) is 41.5 Å². The maximum absolute atomic E-state index is 8.86. The molecule has 0 saturated carbocycles. The summed E-state index contributed by atoms with van der Waals surface area (Å²) in [6.07, 6.45) is 1.81. The van der Waals surface area contributed by atoms with E-state index < -0.39 is 0 Å². The van der Waals surface area contributed by atoms with Crippen LogP contribution < -0.4 is 10.1 Å². The second kappa shape index (κ2) is 8.11. The molecule has 0 fully saturated rings. The molecule has 102 valence electrons. The molecular weight excluding hydrogens is 226 g/mol. The first-order valence-electron chi connectivity index (χ1n) is 6.63. The lowest BCUT2D eigenvalue weighted by atomic mass is 10.0. The second-order valence-electron chi connectivity index (χ2n) is 4.94. The predicted octanol–water partition coefficient (Wildman–Crippen LogP) is 2.23. The molecule has 3 heteroatoms. The number of hydrogen-bond acceptors (Lipinski definition) is 3. The van der Waals surface area contributed by atoms with E-state index in [1.165, 1.54) is 5.56 Å². The number of ether oxygens (including phenoxy) is 1. The van der Waals surface area contributed by atoms with Gasteiger partial charge in [0, 0.05) is 12.6 Å². The van der Waals surface area contributed by atoms with Crippen LogP contribution in [0.15, 0.2) is 24.3 Å². The van der Waals surface area contributed by atoms with Gasteiger partial charge in [-0.05, 0) is 43.9 Å². The Hall–Kier alpha value is -1.06. The van der Waals surface area contributed by atoms with Crippen molar-refractivity contribution in [3.63, 3.8) is 0 Å². The molecule has 18 heavy (non-hydrogen) atoms. The quantitative estimate of drug-likeness (QED) is 0.744. The third-order valence-corrected chi connectivity index (χ3v) is 3.16. The van der Waals surface area contributed by atoms with Gasteiger partial charge in [-0.25, -0.2) is 0 Å². The van der Waals surface area contributed by atoms with E-state index in [-0.39, 0.29) is 6.61 Å². The zero-order chi connectivity index (χ0) is 13.4. The van der Waals surface area contributed by atoms with Crippen molar-refractivity contribution in [3.8, 4) is 5.75 Å². The van der Waals surface area contributed by atoms with E-state index in [0.717, 1.165) is 25.1 Å². The largest absolute Gasteiger partial charge is 0.496 e. The third-order valence-electron chi connectivity index (χ3n) is 3.16. The van der Waals surface area contributed by atoms with Crippen LogP contribution in [0.1, 0.15) is 25.8 Å². The maximum Gasteiger partial charge on any atom is 0.122 e. The molecule has 0 heterocycles. The Morgan fingerprint density at radius 1 is 1.28 bits per heavy atom. The van der Waals surface area contributed by atoms with Crippen molar-refractivity contribution in [2.24, 2.45) is 5.92 Å². The van der Waals surface area contributed by atoms with Gasteiger partial charge in [0.25, 0.3) is 0 Å². The summed E-state index contributed by atoms with van der Waals surface area (Å²) in [7, 11) is 1.71. The average Bonchev–Trinajstić information content (AvgIpc) is 2.37. The fraction of sp³-hybridized carbons (Fsp3) is 0.600. The number of para-hydroxylation sites is 1. The Morgan fingerprint density at radius 3 is 2.67 bits per heavy atom. The normalized spacial score (nSPS) is 14.2. The first-order valence-corrected chi connectivity index (χ1v) is 6.63. The van der Waals surface area contributed by atoms with E-state index >= 15 is 0 Å². The summed E-state index contributed by atoms with van der Waals surface area (Å²) in [4.78, 5) is 0. The summed E-state index contributed by atoms with van der Waals surface area (Å²) in [6.45, 7) is 5.54. The van der Waals surface area contributed by atoms with E-state index in [2.05, 4.69) is 25.2 Å². The molecule has 0 saturated heterocycles. The molecule has 0 amide bonds. The van der Waals surface area contributed by atoms with Crippen LogP contribution in [-0.2, 0) is 6.42 Å². The summed E-state index contributed by atoms with van der Waals surface area (Å²) in [5, 5.41) is 12.4. The van der Waals surface area contributed by atoms with Gasteiger partial charge in [-0.1, -0.05) is 25.1 Å². The van der Waals surface area contributed by atoms with Gasteiger partial charge in [0.05, 0.1) is 7.11 Å². The molecule has 0 spiro atoms. The third kappa shape index (κ3) is 5.07. The van der Waals surface area contributed by atoms with Crippen molar-refractivity contribution in [2.45, 2.75) is 32.7 Å². The van der Waals surface area contributed by atoms with Gasteiger partial charge in [-0.15, -0.1) is 0 Å². The highest BCUT2D eigenvalue weighted by Crippen LogP contribution is 2.18. The van der Waals surface area contributed by atoms with Crippen molar-refractivity contribution < 1.29 is 9.84 Å². The molecule has 1 aromatic rings. The van der Waals surface area contributed by atoms with Crippen molar-refractivity contribution in [1.82, 2.24) is 5.32 Å². The molecule has 1 aromatic carbocycles. The molecule has 2 atom stereocenters. The first-order chi connectivity index (χ1) is 8.67. The molecule has 1 rings (SSSR count). The van der Waals surface area contributed by atoms with Gasteiger partial charge in [-0.3, -0.25) is 0 Å². The Morgan fingerprint density at radius 2 is 2.00 bits per heavy atom. The number of methoxy groups -OCH3 is 1. The van der Waals surface area contributed by atoms with Crippen LogP contribution in [0.2, 0.25) is 0 Å². The maximum atomic E-state index is 8.86. The van der Waals surface area contributed by atoms with Crippen LogP contribution in [-0.4, -0.2) is 31.4 Å². The minimum atomic E-state index is 0.268. The molecule has 3 nitrogen and oxygen atoms in total. The van der Waals surface area contributed by atoms with Crippen LogP contribution in [0.4, 0.5) is 0 Å². The zero-order valence-corrected chi connectivity index (χ0v) is 11.6. The fourth-order valence-electron chi connectivity index (χ4n) is 2.00. The molecular formula is C15H25NO2. The Kier molecular flexibility index (Phi) is 6.76. The predicted molar refractivity (Wildman–Crippen MR) is 75.0 cm³/mol. The van der Waals surface area contributed by atoms with Crippen molar-refractivity contribution in [2.75, 3.05) is 20.3 Å². The van der Waals surface area contributed by atoms with Crippen molar-refractivity contribution >= 4 is 0 Å². The Labute approximate surface area is 110 Å². The van der Waals surface area contributed by atoms with E-state index in [9.17, 15) is 0 Å². The summed E-state index contributed by atoms with van der Waals surface area (Å²) in [5.74, 6) is 1.46. The standard InChI is InChI=1S/C15H25NO2/c1-12(8-9-17)11-16-13(2)10-14-6-4-5-7-15(14)18-3/h4-7,12-13,16-17H,8-11H2,1-3H3. The number of benzene rings is 1. The Bertz CT molecular complexity index is 341. The lowest BCUT2D eigenvalue weighted by Gasteiger charge is -2.18. The molecule has 0 bridgehead atoms. The summed E-state index contributed by atoms with van der Waals surface area (Å²) >= 11 is 0.